The monoisotopic (exact) mass is 247 g/mol. The van der Waals surface area contributed by atoms with Crippen molar-refractivity contribution in [2.24, 2.45) is 5.73 Å². The third-order valence-corrected chi connectivity index (χ3v) is 2.30. The van der Waals surface area contributed by atoms with Crippen LogP contribution in [0.4, 0.5) is 0 Å². The normalized spacial score (nSPS) is 10.5. The summed E-state index contributed by atoms with van der Waals surface area (Å²) in [5.74, 6) is -0.655. The highest BCUT2D eigenvalue weighted by molar-refractivity contribution is 5.89. The molecular weight excluding hydrogens is 230 g/mol. The van der Waals surface area contributed by atoms with Crippen molar-refractivity contribution in [2.45, 2.75) is 19.8 Å². The molecule has 0 spiro atoms. The van der Waals surface area contributed by atoms with E-state index in [1.54, 1.807) is 25.1 Å². The van der Waals surface area contributed by atoms with Crippen molar-refractivity contribution in [3.05, 3.63) is 47.5 Å². The van der Waals surface area contributed by atoms with Gasteiger partial charge in [-0.25, -0.2) is 4.79 Å². The molecule has 0 heterocycles. The molecule has 0 atom stereocenters. The average Bonchev–Trinajstić information content (AvgIpc) is 2.35. The SMILES string of the molecule is CCOC(=O)c1ccc(C/C=C/CC(N)=O)cc1. The van der Waals surface area contributed by atoms with Gasteiger partial charge in [0.2, 0.25) is 5.91 Å². The zero-order valence-electron chi connectivity index (χ0n) is 10.4. The first-order valence-corrected chi connectivity index (χ1v) is 5.83. The molecule has 0 saturated carbocycles. The molecule has 1 rings (SSSR count). The van der Waals surface area contributed by atoms with Crippen LogP contribution in [0.5, 0.6) is 0 Å². The number of primary amides is 1. The van der Waals surface area contributed by atoms with E-state index < -0.39 is 0 Å². The highest BCUT2D eigenvalue weighted by Gasteiger charge is 2.04. The fourth-order valence-corrected chi connectivity index (χ4v) is 1.41. The summed E-state index contributed by atoms with van der Waals surface area (Å²) in [4.78, 5) is 21.9. The van der Waals surface area contributed by atoms with Crippen LogP contribution in [0.2, 0.25) is 0 Å². The Labute approximate surface area is 106 Å². The molecule has 0 fully saturated rings. The van der Waals surface area contributed by atoms with Crippen LogP contribution in [-0.4, -0.2) is 18.5 Å². The van der Waals surface area contributed by atoms with E-state index in [9.17, 15) is 9.59 Å². The van der Waals surface area contributed by atoms with Gasteiger partial charge >= 0.3 is 5.97 Å². The van der Waals surface area contributed by atoms with E-state index in [-0.39, 0.29) is 18.3 Å². The maximum Gasteiger partial charge on any atom is 0.338 e. The number of amides is 1. The Bertz CT molecular complexity index is 435. The predicted octanol–water partition coefficient (Wildman–Crippen LogP) is 1.84. The van der Waals surface area contributed by atoms with Gasteiger partial charge in [-0.15, -0.1) is 0 Å². The van der Waals surface area contributed by atoms with Crippen molar-refractivity contribution < 1.29 is 14.3 Å². The minimum absolute atomic E-state index is 0.251. The second-order valence-corrected chi connectivity index (χ2v) is 3.76. The van der Waals surface area contributed by atoms with E-state index in [4.69, 9.17) is 10.5 Å². The molecule has 4 nitrogen and oxygen atoms in total. The fourth-order valence-electron chi connectivity index (χ4n) is 1.41. The topological polar surface area (TPSA) is 69.4 Å². The van der Waals surface area contributed by atoms with Crippen LogP contribution in [-0.2, 0) is 16.0 Å². The highest BCUT2D eigenvalue weighted by Crippen LogP contribution is 2.07. The summed E-state index contributed by atoms with van der Waals surface area (Å²) in [5, 5.41) is 0. The van der Waals surface area contributed by atoms with Gasteiger partial charge < -0.3 is 10.5 Å². The van der Waals surface area contributed by atoms with Crippen LogP contribution in [0.3, 0.4) is 0 Å². The first-order valence-electron chi connectivity index (χ1n) is 5.83. The smallest absolute Gasteiger partial charge is 0.338 e. The number of benzene rings is 1. The van der Waals surface area contributed by atoms with E-state index in [2.05, 4.69) is 0 Å². The molecule has 0 aromatic heterocycles. The summed E-state index contributed by atoms with van der Waals surface area (Å²) < 4.78 is 4.89. The molecule has 4 heteroatoms. The summed E-state index contributed by atoms with van der Waals surface area (Å²) in [7, 11) is 0. The number of ether oxygens (including phenoxy) is 1. The van der Waals surface area contributed by atoms with Gasteiger partial charge in [0.05, 0.1) is 12.2 Å². The lowest BCUT2D eigenvalue weighted by atomic mass is 10.1. The van der Waals surface area contributed by atoms with E-state index in [0.29, 0.717) is 18.6 Å². The molecule has 96 valence electrons. The molecule has 1 amide bonds. The maximum absolute atomic E-state index is 11.4. The minimum atomic E-state index is -0.344. The number of nitrogens with two attached hydrogens (primary N) is 1. The molecule has 0 saturated heterocycles. The summed E-state index contributed by atoms with van der Waals surface area (Å²) in [6.07, 6.45) is 4.57. The molecule has 0 aliphatic carbocycles. The third kappa shape index (κ3) is 4.82. The number of esters is 1. The standard InChI is InChI=1S/C14H17NO3/c1-2-18-14(17)12-9-7-11(8-10-12)5-3-4-6-13(15)16/h3-4,7-10H,2,5-6H2,1H3,(H2,15,16)/b4-3+. The Balaban J connectivity index is 2.52. The van der Waals surface area contributed by atoms with E-state index in [1.807, 2.05) is 18.2 Å². The van der Waals surface area contributed by atoms with Gasteiger partial charge in [0, 0.05) is 6.42 Å². The number of rotatable bonds is 6. The molecule has 0 aliphatic rings. The van der Waals surface area contributed by atoms with Crippen molar-refractivity contribution in [2.75, 3.05) is 6.61 Å². The van der Waals surface area contributed by atoms with E-state index >= 15 is 0 Å². The molecule has 0 bridgehead atoms. The Hall–Kier alpha value is -2.10. The lowest BCUT2D eigenvalue weighted by Gasteiger charge is -2.02. The first kappa shape index (κ1) is 14.0. The van der Waals surface area contributed by atoms with Crippen LogP contribution in [0.25, 0.3) is 0 Å². The number of allylic oxidation sites excluding steroid dienone is 1. The third-order valence-electron chi connectivity index (χ3n) is 2.30. The summed E-state index contributed by atoms with van der Waals surface area (Å²) >= 11 is 0. The molecule has 0 aliphatic heterocycles. The maximum atomic E-state index is 11.4. The quantitative estimate of drug-likeness (QED) is 0.616. The van der Waals surface area contributed by atoms with Gasteiger partial charge in [0.15, 0.2) is 0 Å². The van der Waals surface area contributed by atoms with Crippen LogP contribution in [0.15, 0.2) is 36.4 Å². The van der Waals surface area contributed by atoms with Gasteiger partial charge in [0.1, 0.15) is 0 Å². The molecule has 0 unspecified atom stereocenters. The lowest BCUT2D eigenvalue weighted by molar-refractivity contribution is -0.117. The van der Waals surface area contributed by atoms with E-state index in [0.717, 1.165) is 5.56 Å². The largest absolute Gasteiger partial charge is 0.462 e. The number of hydrogen-bond donors (Lipinski definition) is 1. The van der Waals surface area contributed by atoms with Gasteiger partial charge in [-0.1, -0.05) is 24.3 Å². The Morgan fingerprint density at radius 3 is 2.44 bits per heavy atom. The number of hydrogen-bond acceptors (Lipinski definition) is 3. The van der Waals surface area contributed by atoms with Crippen molar-refractivity contribution in [1.29, 1.82) is 0 Å². The highest BCUT2D eigenvalue weighted by atomic mass is 16.5. The van der Waals surface area contributed by atoms with Gasteiger partial charge in [-0.05, 0) is 31.0 Å². The van der Waals surface area contributed by atoms with Crippen molar-refractivity contribution in [3.63, 3.8) is 0 Å². The van der Waals surface area contributed by atoms with Crippen molar-refractivity contribution in [1.82, 2.24) is 0 Å². The average molecular weight is 247 g/mol. The fraction of sp³-hybridized carbons (Fsp3) is 0.286. The zero-order chi connectivity index (χ0) is 13.4. The van der Waals surface area contributed by atoms with E-state index in [1.165, 1.54) is 0 Å². The second kappa shape index (κ2) is 7.27. The number of carbonyl (C=O) groups is 2. The molecule has 18 heavy (non-hydrogen) atoms. The molecule has 1 aromatic rings. The Morgan fingerprint density at radius 1 is 1.22 bits per heavy atom. The van der Waals surface area contributed by atoms with Crippen LogP contribution in [0.1, 0.15) is 29.3 Å². The minimum Gasteiger partial charge on any atom is -0.462 e. The summed E-state index contributed by atoms with van der Waals surface area (Å²) in [5.41, 5.74) is 6.61. The Morgan fingerprint density at radius 2 is 1.89 bits per heavy atom. The summed E-state index contributed by atoms with van der Waals surface area (Å²) in [6, 6.07) is 7.19. The lowest BCUT2D eigenvalue weighted by Crippen LogP contribution is -2.08. The first-order chi connectivity index (χ1) is 8.63. The number of carbonyl (C=O) groups excluding carboxylic acids is 2. The molecule has 1 aromatic carbocycles. The van der Waals surface area contributed by atoms with Gasteiger partial charge in [-0.2, -0.15) is 0 Å². The van der Waals surface area contributed by atoms with Gasteiger partial charge in [-0.3, -0.25) is 4.79 Å². The van der Waals surface area contributed by atoms with Crippen LogP contribution in [0, 0.1) is 0 Å². The molecule has 2 N–H and O–H groups in total. The Kier molecular flexibility index (Phi) is 5.64. The van der Waals surface area contributed by atoms with Crippen molar-refractivity contribution >= 4 is 11.9 Å². The predicted molar refractivity (Wildman–Crippen MR) is 69.1 cm³/mol. The molecule has 0 radical (unpaired) electrons. The van der Waals surface area contributed by atoms with Gasteiger partial charge in [0.25, 0.3) is 0 Å². The molecular formula is C14H17NO3. The van der Waals surface area contributed by atoms with Crippen LogP contribution < -0.4 is 5.73 Å². The van der Waals surface area contributed by atoms with Crippen molar-refractivity contribution in [3.8, 4) is 0 Å². The second-order valence-electron chi connectivity index (χ2n) is 3.76. The zero-order valence-corrected chi connectivity index (χ0v) is 10.4. The summed E-state index contributed by atoms with van der Waals surface area (Å²) in [6.45, 7) is 2.15. The van der Waals surface area contributed by atoms with Crippen LogP contribution >= 0.6 is 0 Å².